The summed E-state index contributed by atoms with van der Waals surface area (Å²) in [5, 5.41) is 7.60. The molecular weight excluding hydrogens is 568 g/mol. The number of nitrogens with two attached hydrogens (primary N) is 1. The predicted molar refractivity (Wildman–Crippen MR) is 197 cm³/mol. The largest absolute Gasteiger partial charge is 0.351 e. The average molecular weight is 643 g/mol. The van der Waals surface area contributed by atoms with Crippen LogP contribution in [0.4, 0.5) is 0 Å². The van der Waals surface area contributed by atoms with Crippen molar-refractivity contribution in [1.82, 2.24) is 15.5 Å². The summed E-state index contributed by atoms with van der Waals surface area (Å²) in [4.78, 5) is 25.1. The van der Waals surface area contributed by atoms with E-state index >= 15 is 0 Å². The van der Waals surface area contributed by atoms with Crippen LogP contribution >= 0.6 is 0 Å². The Kier molecular flexibility index (Phi) is 16.2. The third-order valence-electron chi connectivity index (χ3n) is 12.5. The monoisotopic (exact) mass is 643 g/mol. The van der Waals surface area contributed by atoms with Crippen LogP contribution < -0.4 is 16.4 Å². The van der Waals surface area contributed by atoms with E-state index in [0.717, 1.165) is 68.6 Å². The molecule has 10 atom stereocenters. The van der Waals surface area contributed by atoms with Crippen LogP contribution in [0.2, 0.25) is 0 Å². The van der Waals surface area contributed by atoms with Gasteiger partial charge in [-0.3, -0.25) is 4.79 Å². The highest BCUT2D eigenvalue weighted by atomic mass is 16.1. The summed E-state index contributed by atoms with van der Waals surface area (Å²) in [7, 11) is 0. The van der Waals surface area contributed by atoms with Crippen molar-refractivity contribution < 1.29 is 9.59 Å². The molecule has 5 fully saturated rings. The molecule has 5 aliphatic rings. The van der Waals surface area contributed by atoms with Crippen LogP contribution in [0.5, 0.6) is 0 Å². The Balaban J connectivity index is 0.000000977. The Hall–Kier alpha value is -1.50. The van der Waals surface area contributed by atoms with Crippen LogP contribution in [-0.4, -0.2) is 60.9 Å². The maximum absolute atomic E-state index is 13.9. The third-order valence-corrected chi connectivity index (χ3v) is 12.5. The smallest absolute Gasteiger partial charge is 0.247 e. The van der Waals surface area contributed by atoms with Crippen LogP contribution in [0.15, 0.2) is 22.8 Å². The lowest BCUT2D eigenvalue weighted by Gasteiger charge is -2.73. The molecule has 0 aromatic rings. The molecule has 0 aromatic heterocycles. The van der Waals surface area contributed by atoms with E-state index in [1.165, 1.54) is 56.6 Å². The third kappa shape index (κ3) is 8.03. The molecular formula is C40H74N4O2. The van der Waals surface area contributed by atoms with Gasteiger partial charge in [0.15, 0.2) is 0 Å². The number of amides is 1. The second-order valence-electron chi connectivity index (χ2n) is 14.8. The van der Waals surface area contributed by atoms with E-state index in [2.05, 4.69) is 70.1 Å². The number of carbonyl (C=O) groups is 2. The number of fused-ring (bicyclic) bond motifs is 2. The number of likely N-dealkylation sites (N-methyl/N-ethyl adjacent to an activating group) is 1. The topological polar surface area (TPSA) is 87.5 Å². The highest BCUT2D eigenvalue weighted by Gasteiger charge is 2.71. The summed E-state index contributed by atoms with van der Waals surface area (Å²) < 4.78 is 0. The van der Waals surface area contributed by atoms with Gasteiger partial charge in [-0.25, -0.2) is 0 Å². The van der Waals surface area contributed by atoms with Crippen LogP contribution in [0.1, 0.15) is 134 Å². The Morgan fingerprint density at radius 2 is 1.67 bits per heavy atom. The van der Waals surface area contributed by atoms with Crippen molar-refractivity contribution in [2.75, 3.05) is 26.2 Å². The summed E-state index contributed by atoms with van der Waals surface area (Å²) in [5.74, 6) is 4.15. The van der Waals surface area contributed by atoms with E-state index in [-0.39, 0.29) is 5.91 Å². The van der Waals surface area contributed by atoms with Crippen molar-refractivity contribution in [1.29, 1.82) is 0 Å². The number of hydrogen-bond acceptors (Lipinski definition) is 5. The van der Waals surface area contributed by atoms with Crippen molar-refractivity contribution in [2.45, 2.75) is 152 Å². The summed E-state index contributed by atoms with van der Waals surface area (Å²) in [5.41, 5.74) is 11.2. The zero-order valence-corrected chi connectivity index (χ0v) is 32.1. The zero-order chi connectivity index (χ0) is 34.8. The second-order valence-corrected chi connectivity index (χ2v) is 14.8. The molecule has 1 spiro atoms. The van der Waals surface area contributed by atoms with Gasteiger partial charge < -0.3 is 26.1 Å². The molecule has 1 saturated heterocycles. The van der Waals surface area contributed by atoms with Gasteiger partial charge in [-0.15, -0.1) is 0 Å². The Morgan fingerprint density at radius 1 is 1.07 bits per heavy atom. The number of aldehydes is 1. The highest BCUT2D eigenvalue weighted by molar-refractivity contribution is 5.94. The number of carbonyl (C=O) groups excluding carboxylic acids is 2. The molecule has 4 N–H and O–H groups in total. The molecule has 1 aliphatic heterocycles. The molecule has 0 radical (unpaired) electrons. The van der Waals surface area contributed by atoms with E-state index < -0.39 is 0 Å². The normalized spacial score (nSPS) is 37.5. The number of allylic oxidation sites excluding steroid dienone is 3. The maximum atomic E-state index is 13.9. The number of nitrogens with one attached hydrogen (secondary N) is 2. The van der Waals surface area contributed by atoms with E-state index in [1.54, 1.807) is 0 Å². The van der Waals surface area contributed by atoms with Gasteiger partial charge in [-0.1, -0.05) is 79.5 Å². The van der Waals surface area contributed by atoms with Gasteiger partial charge in [0.05, 0.1) is 0 Å². The number of rotatable bonds is 9. The van der Waals surface area contributed by atoms with Gasteiger partial charge in [-0.05, 0) is 126 Å². The molecule has 1 amide bonds. The summed E-state index contributed by atoms with van der Waals surface area (Å²) in [6.07, 6.45) is 12.5. The van der Waals surface area contributed by atoms with Gasteiger partial charge in [0.2, 0.25) is 5.91 Å². The molecule has 0 aromatic carbocycles. The van der Waals surface area contributed by atoms with Gasteiger partial charge in [0.25, 0.3) is 0 Å². The Morgan fingerprint density at radius 3 is 2.26 bits per heavy atom. The number of hydrogen-bond donors (Lipinski definition) is 3. The molecule has 6 nitrogen and oxygen atoms in total. The van der Waals surface area contributed by atoms with Gasteiger partial charge >= 0.3 is 0 Å². The van der Waals surface area contributed by atoms with Crippen LogP contribution in [0.3, 0.4) is 0 Å². The van der Waals surface area contributed by atoms with Crippen molar-refractivity contribution in [3.05, 3.63) is 22.8 Å². The minimum absolute atomic E-state index is 0.203. The van der Waals surface area contributed by atoms with E-state index in [4.69, 9.17) is 10.5 Å². The quantitative estimate of drug-likeness (QED) is 0.135. The first-order valence-electron chi connectivity index (χ1n) is 19.3. The predicted octanol–water partition coefficient (Wildman–Crippen LogP) is 7.92. The molecule has 0 bridgehead atoms. The van der Waals surface area contributed by atoms with Crippen LogP contribution in [0.25, 0.3) is 0 Å². The molecule has 46 heavy (non-hydrogen) atoms. The van der Waals surface area contributed by atoms with Crippen molar-refractivity contribution in [2.24, 2.45) is 46.7 Å². The van der Waals surface area contributed by atoms with Crippen molar-refractivity contribution in [3.63, 3.8) is 0 Å². The summed E-state index contributed by atoms with van der Waals surface area (Å²) in [6.45, 7) is 29.4. The second kappa shape index (κ2) is 18.3. The number of nitrogens with zero attached hydrogens (tertiary/aromatic N) is 1. The zero-order valence-electron chi connectivity index (χ0n) is 32.1. The fourth-order valence-electron chi connectivity index (χ4n) is 10.7. The molecule has 4 aliphatic carbocycles. The van der Waals surface area contributed by atoms with E-state index in [1.807, 2.05) is 27.7 Å². The highest BCUT2D eigenvalue weighted by Crippen LogP contribution is 2.70. The van der Waals surface area contributed by atoms with Crippen LogP contribution in [-0.2, 0) is 9.59 Å². The van der Waals surface area contributed by atoms with Gasteiger partial charge in [0, 0.05) is 36.3 Å². The first-order chi connectivity index (χ1) is 22.0. The fraction of sp³-hybridized carbons (Fsp3) is 0.850. The standard InChI is InChI=1S/C34H58N4O.C2H4O.2C2H6/c1-8-38(9-2)18-17-36-32(39)24(12-10-11-21(3)4)30-22(5)20-33(7)26-14-13-25-23(6)28(35)15-16-34(25)31(26)29(37-34)19-27(30)33;1-2-3;2*1-2/h11,22-23,25-29,31,37H,8-10,12-20,35H2,1-7H3,(H,36,39);2H,1H3;2*1-2H3/b30-24+;;;/t22?,23-,25?,26?,27?,28+,29+,31?,33?,34?;;;/m0.../s1. The van der Waals surface area contributed by atoms with Gasteiger partial charge in [0.1, 0.15) is 6.29 Å². The SMILES string of the molecule is CC.CC.CC=O.CCN(CC)CCNC(=O)/C(CCC=C(C)C)=C1\C(C)CC2(C)C1C[C@H]1NC34CC[C@@H](N)[C@@H](C)C3CCC2C14. The molecule has 6 heteroatoms. The Bertz CT molecular complexity index is 1030. The van der Waals surface area contributed by atoms with Crippen molar-refractivity contribution in [3.8, 4) is 0 Å². The van der Waals surface area contributed by atoms with Crippen LogP contribution in [0, 0.1) is 40.9 Å². The average Bonchev–Trinajstić information content (AvgIpc) is 3.30. The molecule has 1 heterocycles. The summed E-state index contributed by atoms with van der Waals surface area (Å²) >= 11 is 0. The lowest BCUT2D eigenvalue weighted by Crippen LogP contribution is -2.83. The van der Waals surface area contributed by atoms with E-state index in [0.29, 0.717) is 40.8 Å². The molecule has 266 valence electrons. The lowest BCUT2D eigenvalue weighted by molar-refractivity contribution is -0.188. The minimum Gasteiger partial charge on any atom is -0.351 e. The van der Waals surface area contributed by atoms with Crippen molar-refractivity contribution >= 4 is 12.2 Å². The Labute approximate surface area is 284 Å². The minimum atomic E-state index is 0.203. The first-order valence-corrected chi connectivity index (χ1v) is 19.3. The van der Waals surface area contributed by atoms with Gasteiger partial charge in [-0.2, -0.15) is 0 Å². The van der Waals surface area contributed by atoms with E-state index in [9.17, 15) is 4.79 Å². The first kappa shape index (κ1) is 40.7. The fourth-order valence-corrected chi connectivity index (χ4v) is 10.7. The molecule has 5 rings (SSSR count). The molecule has 4 saturated carbocycles. The lowest BCUT2D eigenvalue weighted by atomic mass is 9.39. The summed E-state index contributed by atoms with van der Waals surface area (Å²) in [6, 6.07) is 0.983. The maximum Gasteiger partial charge on any atom is 0.247 e. The molecule has 7 unspecified atom stereocenters.